The van der Waals surface area contributed by atoms with E-state index in [1.807, 2.05) is 6.92 Å². The first-order valence-electron chi connectivity index (χ1n) is 4.43. The summed E-state index contributed by atoms with van der Waals surface area (Å²) in [6.45, 7) is 1.81. The first-order chi connectivity index (χ1) is 6.54. The highest BCUT2D eigenvalue weighted by molar-refractivity contribution is 5.38. The Morgan fingerprint density at radius 1 is 1.14 bits per heavy atom. The quantitative estimate of drug-likeness (QED) is 0.576. The number of aromatic hydroxyl groups is 2. The Labute approximate surface area is 82.8 Å². The maximum absolute atomic E-state index is 9.75. The van der Waals surface area contributed by atoms with Gasteiger partial charge in [-0.2, -0.15) is 0 Å². The maximum atomic E-state index is 9.75. The van der Waals surface area contributed by atoms with Crippen molar-refractivity contribution in [2.24, 2.45) is 0 Å². The summed E-state index contributed by atoms with van der Waals surface area (Å²) in [5.74, 6) is -0.107. The predicted octanol–water partition coefficient (Wildman–Crippen LogP) is 0.739. The van der Waals surface area contributed by atoms with Gasteiger partial charge in [-0.1, -0.05) is 0 Å². The average Bonchev–Trinajstić information content (AvgIpc) is 2.14. The van der Waals surface area contributed by atoms with Gasteiger partial charge in [0.15, 0.2) is 0 Å². The fourth-order valence-corrected chi connectivity index (χ4v) is 1.24. The Hall–Kier alpha value is -1.26. The van der Waals surface area contributed by atoms with E-state index >= 15 is 0 Å². The van der Waals surface area contributed by atoms with Crippen molar-refractivity contribution in [3.8, 4) is 11.5 Å². The molecular weight excluding hydrogens is 182 g/mol. The molecule has 0 radical (unpaired) electrons. The Morgan fingerprint density at radius 3 is 2.07 bits per heavy atom. The van der Waals surface area contributed by atoms with Crippen LogP contribution in [-0.2, 0) is 0 Å². The molecule has 1 aromatic carbocycles. The molecule has 4 heteroatoms. The molecule has 0 aliphatic carbocycles. The van der Waals surface area contributed by atoms with Crippen LogP contribution < -0.4 is 5.32 Å². The van der Waals surface area contributed by atoms with Gasteiger partial charge >= 0.3 is 0 Å². The molecule has 0 saturated heterocycles. The minimum Gasteiger partial charge on any atom is -0.508 e. The molecule has 14 heavy (non-hydrogen) atoms. The zero-order valence-electron chi connectivity index (χ0n) is 8.23. The molecule has 4 nitrogen and oxygen atoms in total. The number of hydrogen-bond donors (Lipinski definition) is 4. The molecule has 0 aliphatic heterocycles. The number of hydrogen-bond acceptors (Lipinski definition) is 4. The zero-order chi connectivity index (χ0) is 10.7. The highest BCUT2D eigenvalue weighted by atomic mass is 16.3. The smallest absolute Gasteiger partial charge is 0.119 e. The van der Waals surface area contributed by atoms with Crippen molar-refractivity contribution in [3.63, 3.8) is 0 Å². The molecule has 1 rings (SSSR count). The second kappa shape index (κ2) is 4.30. The van der Waals surface area contributed by atoms with E-state index in [9.17, 15) is 15.3 Å². The molecule has 0 saturated carbocycles. The van der Waals surface area contributed by atoms with Gasteiger partial charge in [-0.15, -0.1) is 0 Å². The summed E-state index contributed by atoms with van der Waals surface area (Å²) >= 11 is 0. The van der Waals surface area contributed by atoms with Crippen LogP contribution in [0.2, 0.25) is 0 Å². The maximum Gasteiger partial charge on any atom is 0.119 e. The highest BCUT2D eigenvalue weighted by Crippen LogP contribution is 2.26. The summed E-state index contributed by atoms with van der Waals surface area (Å²) in [5, 5.41) is 31.1. The van der Waals surface area contributed by atoms with Crippen LogP contribution in [0.1, 0.15) is 18.6 Å². The zero-order valence-corrected chi connectivity index (χ0v) is 8.23. The third-order valence-electron chi connectivity index (χ3n) is 2.20. The monoisotopic (exact) mass is 197 g/mol. The van der Waals surface area contributed by atoms with Crippen molar-refractivity contribution in [2.45, 2.75) is 19.1 Å². The van der Waals surface area contributed by atoms with Gasteiger partial charge in [0.2, 0.25) is 0 Å². The molecule has 0 aliphatic rings. The molecule has 2 atom stereocenters. The largest absolute Gasteiger partial charge is 0.508 e. The van der Waals surface area contributed by atoms with Crippen molar-refractivity contribution in [2.75, 3.05) is 7.05 Å². The molecule has 0 bridgehead atoms. The first kappa shape index (κ1) is 10.8. The number of aliphatic hydroxyl groups is 1. The van der Waals surface area contributed by atoms with E-state index in [-0.39, 0.29) is 17.5 Å². The lowest BCUT2D eigenvalue weighted by Gasteiger charge is -2.18. The van der Waals surface area contributed by atoms with Crippen LogP contribution in [0.5, 0.6) is 11.5 Å². The van der Waals surface area contributed by atoms with Gasteiger partial charge in [0.05, 0.1) is 6.10 Å². The SMILES string of the molecule is CNC(C)C(O)c1cc(O)cc(O)c1. The van der Waals surface area contributed by atoms with Gasteiger partial charge < -0.3 is 20.6 Å². The lowest BCUT2D eigenvalue weighted by atomic mass is 10.0. The predicted molar refractivity (Wildman–Crippen MR) is 53.3 cm³/mol. The lowest BCUT2D eigenvalue weighted by molar-refractivity contribution is 0.139. The van der Waals surface area contributed by atoms with E-state index in [0.717, 1.165) is 0 Å². The minimum atomic E-state index is -0.752. The second-order valence-corrected chi connectivity index (χ2v) is 3.30. The molecule has 0 spiro atoms. The van der Waals surface area contributed by atoms with Crippen LogP contribution >= 0.6 is 0 Å². The van der Waals surface area contributed by atoms with E-state index in [0.29, 0.717) is 5.56 Å². The number of aliphatic hydroxyl groups excluding tert-OH is 1. The fourth-order valence-electron chi connectivity index (χ4n) is 1.24. The van der Waals surface area contributed by atoms with Gasteiger partial charge in [0, 0.05) is 12.1 Å². The number of likely N-dealkylation sites (N-methyl/N-ethyl adjacent to an activating group) is 1. The lowest BCUT2D eigenvalue weighted by Crippen LogP contribution is -2.28. The van der Waals surface area contributed by atoms with Crippen LogP contribution in [0, 0.1) is 0 Å². The van der Waals surface area contributed by atoms with Crippen LogP contribution in [0.4, 0.5) is 0 Å². The van der Waals surface area contributed by atoms with Crippen LogP contribution in [0.15, 0.2) is 18.2 Å². The van der Waals surface area contributed by atoms with Crippen molar-refractivity contribution in [3.05, 3.63) is 23.8 Å². The van der Waals surface area contributed by atoms with Crippen LogP contribution in [0.3, 0.4) is 0 Å². The third-order valence-corrected chi connectivity index (χ3v) is 2.20. The van der Waals surface area contributed by atoms with Gasteiger partial charge in [-0.05, 0) is 31.7 Å². The molecule has 1 aromatic rings. The molecule has 0 heterocycles. The summed E-state index contributed by atoms with van der Waals surface area (Å²) < 4.78 is 0. The van der Waals surface area contributed by atoms with Crippen molar-refractivity contribution in [1.82, 2.24) is 5.32 Å². The summed E-state index contributed by atoms with van der Waals surface area (Å²) in [7, 11) is 1.73. The van der Waals surface area contributed by atoms with E-state index < -0.39 is 6.10 Å². The van der Waals surface area contributed by atoms with E-state index in [4.69, 9.17) is 0 Å². The van der Waals surface area contributed by atoms with Crippen molar-refractivity contribution >= 4 is 0 Å². The number of benzene rings is 1. The van der Waals surface area contributed by atoms with Crippen LogP contribution in [-0.4, -0.2) is 28.4 Å². The summed E-state index contributed by atoms with van der Waals surface area (Å²) in [4.78, 5) is 0. The Morgan fingerprint density at radius 2 is 1.64 bits per heavy atom. The molecule has 78 valence electrons. The normalized spacial score (nSPS) is 15.1. The molecule has 0 aromatic heterocycles. The average molecular weight is 197 g/mol. The second-order valence-electron chi connectivity index (χ2n) is 3.30. The Bertz CT molecular complexity index is 294. The Balaban J connectivity index is 2.94. The summed E-state index contributed by atoms with van der Waals surface area (Å²) in [5.41, 5.74) is 0.490. The summed E-state index contributed by atoms with van der Waals surface area (Å²) in [6.07, 6.45) is -0.752. The molecule has 4 N–H and O–H groups in total. The Kier molecular flexibility index (Phi) is 3.33. The molecular formula is C10H15NO3. The fraction of sp³-hybridized carbons (Fsp3) is 0.400. The van der Waals surface area contributed by atoms with Gasteiger partial charge in [0.1, 0.15) is 11.5 Å². The standard InChI is InChI=1S/C10H15NO3/c1-6(11-2)10(14)7-3-8(12)5-9(13)4-7/h3-6,10-14H,1-2H3. The van der Waals surface area contributed by atoms with Gasteiger partial charge in [-0.25, -0.2) is 0 Å². The van der Waals surface area contributed by atoms with E-state index in [1.54, 1.807) is 7.05 Å². The number of phenolic OH excluding ortho intramolecular Hbond substituents is 2. The topological polar surface area (TPSA) is 72.7 Å². The molecule has 0 amide bonds. The minimum absolute atomic E-state index is 0.0534. The van der Waals surface area contributed by atoms with E-state index in [1.165, 1.54) is 18.2 Å². The van der Waals surface area contributed by atoms with Crippen LogP contribution in [0.25, 0.3) is 0 Å². The van der Waals surface area contributed by atoms with Crippen molar-refractivity contribution < 1.29 is 15.3 Å². The number of rotatable bonds is 3. The van der Waals surface area contributed by atoms with Gasteiger partial charge in [0.25, 0.3) is 0 Å². The third kappa shape index (κ3) is 2.37. The molecule has 0 fully saturated rings. The van der Waals surface area contributed by atoms with Gasteiger partial charge in [-0.3, -0.25) is 0 Å². The number of nitrogens with one attached hydrogen (secondary N) is 1. The number of phenols is 2. The first-order valence-corrected chi connectivity index (χ1v) is 4.43. The molecule has 2 unspecified atom stereocenters. The highest BCUT2D eigenvalue weighted by Gasteiger charge is 2.15. The summed E-state index contributed by atoms with van der Waals surface area (Å²) in [6, 6.07) is 3.94. The van der Waals surface area contributed by atoms with Crippen molar-refractivity contribution in [1.29, 1.82) is 0 Å². The van der Waals surface area contributed by atoms with E-state index in [2.05, 4.69) is 5.32 Å².